The molecule has 3 rings (SSSR count). The van der Waals surface area contributed by atoms with Crippen molar-refractivity contribution in [3.8, 4) is 16.9 Å². The van der Waals surface area contributed by atoms with Crippen molar-refractivity contribution in [2.45, 2.75) is 6.61 Å². The second-order valence-electron chi connectivity index (χ2n) is 6.70. The lowest BCUT2D eigenvalue weighted by Gasteiger charge is -2.14. The van der Waals surface area contributed by atoms with Crippen LogP contribution in [0.4, 0.5) is 5.69 Å². The molecule has 0 atom stereocenters. The number of rotatable bonds is 7. The lowest BCUT2D eigenvalue weighted by atomic mass is 9.99. The second kappa shape index (κ2) is 8.47. The van der Waals surface area contributed by atoms with Crippen LogP contribution in [0.2, 0.25) is 0 Å². The van der Waals surface area contributed by atoms with Crippen LogP contribution in [0.3, 0.4) is 0 Å². The van der Waals surface area contributed by atoms with Crippen molar-refractivity contribution in [2.24, 2.45) is 0 Å². The lowest BCUT2D eigenvalue weighted by Crippen LogP contribution is -2.22. The number of hydrogen-bond donors (Lipinski definition) is 2. The number of likely N-dealkylation sites (N-methyl/N-ethyl adjacent to an activating group) is 1. The Morgan fingerprint density at radius 3 is 2.63 bits per heavy atom. The van der Waals surface area contributed by atoms with Gasteiger partial charge in [-0.25, -0.2) is 0 Å². The third-order valence-corrected chi connectivity index (χ3v) is 4.15. The van der Waals surface area contributed by atoms with E-state index in [0.717, 1.165) is 28.0 Å². The Morgan fingerprint density at radius 2 is 1.89 bits per heavy atom. The van der Waals surface area contributed by atoms with Crippen LogP contribution >= 0.6 is 0 Å². The quantitative estimate of drug-likeness (QED) is 0.496. The van der Waals surface area contributed by atoms with Crippen LogP contribution in [0.5, 0.6) is 5.75 Å². The summed E-state index contributed by atoms with van der Waals surface area (Å²) in [4.78, 5) is 6.06. The molecule has 1 aromatic heterocycles. The normalized spacial score (nSPS) is 10.8. The first-order valence-corrected chi connectivity index (χ1v) is 8.77. The van der Waals surface area contributed by atoms with Crippen LogP contribution in [0.25, 0.3) is 11.1 Å². The predicted molar refractivity (Wildman–Crippen MR) is 110 cm³/mol. The van der Waals surface area contributed by atoms with Gasteiger partial charge >= 0.3 is 0 Å². The van der Waals surface area contributed by atoms with Gasteiger partial charge in [0.1, 0.15) is 12.4 Å². The van der Waals surface area contributed by atoms with Crippen LogP contribution in [-0.4, -0.2) is 36.2 Å². The molecule has 138 valence electrons. The van der Waals surface area contributed by atoms with Crippen molar-refractivity contribution in [1.29, 1.82) is 5.41 Å². The van der Waals surface area contributed by atoms with Gasteiger partial charge in [-0.15, -0.1) is 0 Å². The average Bonchev–Trinajstić information content (AvgIpc) is 2.67. The maximum atomic E-state index is 8.31. The minimum Gasteiger partial charge on any atom is -0.489 e. The van der Waals surface area contributed by atoms with E-state index in [1.54, 1.807) is 12.4 Å². The number of aromatic nitrogens is 1. The van der Waals surface area contributed by atoms with Crippen molar-refractivity contribution in [1.82, 2.24) is 9.88 Å². The Bertz CT molecular complexity index is 923. The molecule has 0 fully saturated rings. The summed E-state index contributed by atoms with van der Waals surface area (Å²) < 4.78 is 5.89. The first-order valence-electron chi connectivity index (χ1n) is 8.77. The average molecular weight is 360 g/mol. The first-order chi connectivity index (χ1) is 13.0. The van der Waals surface area contributed by atoms with Gasteiger partial charge in [0.2, 0.25) is 0 Å². The molecule has 0 unspecified atom stereocenters. The number of hydrogen-bond acceptors (Lipinski definition) is 5. The number of ether oxygens (including phenoxy) is 1. The number of nitrogen functional groups attached to an aromatic ring is 1. The Hall–Kier alpha value is -3.18. The molecule has 27 heavy (non-hydrogen) atoms. The molecule has 0 aliphatic carbocycles. The van der Waals surface area contributed by atoms with Gasteiger partial charge in [0.15, 0.2) is 0 Å². The number of nitrogens with one attached hydrogen (secondary N) is 1. The SMILES string of the molecule is CN(C)CC(=N)c1cc(-c2cccc(OCc3cccnc3)c2)ccc1N. The van der Waals surface area contributed by atoms with Crippen molar-refractivity contribution in [2.75, 3.05) is 26.4 Å². The van der Waals surface area contributed by atoms with E-state index in [4.69, 9.17) is 15.9 Å². The summed E-state index contributed by atoms with van der Waals surface area (Å²) in [6.07, 6.45) is 3.54. The Kier molecular flexibility index (Phi) is 5.84. The first kappa shape index (κ1) is 18.6. The highest BCUT2D eigenvalue weighted by molar-refractivity contribution is 6.04. The zero-order valence-electron chi connectivity index (χ0n) is 15.6. The van der Waals surface area contributed by atoms with Crippen LogP contribution in [0, 0.1) is 5.41 Å². The van der Waals surface area contributed by atoms with Gasteiger partial charge in [-0.2, -0.15) is 0 Å². The minimum atomic E-state index is 0.470. The number of nitrogens with two attached hydrogens (primary N) is 1. The zero-order chi connectivity index (χ0) is 19.2. The number of nitrogens with zero attached hydrogens (tertiary/aromatic N) is 2. The highest BCUT2D eigenvalue weighted by Crippen LogP contribution is 2.27. The molecule has 5 nitrogen and oxygen atoms in total. The lowest BCUT2D eigenvalue weighted by molar-refractivity contribution is 0.306. The number of pyridine rings is 1. The molecule has 0 radical (unpaired) electrons. The molecule has 2 aromatic carbocycles. The molecule has 0 amide bonds. The highest BCUT2D eigenvalue weighted by Gasteiger charge is 2.10. The molecule has 5 heteroatoms. The monoisotopic (exact) mass is 360 g/mol. The summed E-state index contributed by atoms with van der Waals surface area (Å²) in [6.45, 7) is 1.01. The largest absolute Gasteiger partial charge is 0.489 e. The van der Waals surface area contributed by atoms with Crippen molar-refractivity contribution < 1.29 is 4.74 Å². The fraction of sp³-hybridized carbons (Fsp3) is 0.182. The van der Waals surface area contributed by atoms with E-state index in [1.807, 2.05) is 73.6 Å². The van der Waals surface area contributed by atoms with E-state index in [1.165, 1.54) is 0 Å². The third kappa shape index (κ3) is 4.92. The standard InChI is InChI=1S/C22H24N4O/c1-26(2)14-22(24)20-12-18(8-9-21(20)23)17-6-3-7-19(11-17)27-15-16-5-4-10-25-13-16/h3-13,24H,14-15,23H2,1-2H3. The second-order valence-corrected chi connectivity index (χ2v) is 6.70. The highest BCUT2D eigenvalue weighted by atomic mass is 16.5. The molecule has 0 aliphatic heterocycles. The fourth-order valence-corrected chi connectivity index (χ4v) is 2.81. The van der Waals surface area contributed by atoms with E-state index < -0.39 is 0 Å². The summed E-state index contributed by atoms with van der Waals surface area (Å²) >= 11 is 0. The molecule has 0 spiro atoms. The summed E-state index contributed by atoms with van der Waals surface area (Å²) in [5.41, 5.74) is 11.0. The zero-order valence-corrected chi connectivity index (χ0v) is 15.6. The molecule has 0 bridgehead atoms. The van der Waals surface area contributed by atoms with Crippen molar-refractivity contribution in [3.05, 3.63) is 78.1 Å². The van der Waals surface area contributed by atoms with E-state index >= 15 is 0 Å². The summed E-state index contributed by atoms with van der Waals surface area (Å²) in [7, 11) is 3.88. The molecule has 3 N–H and O–H groups in total. The maximum Gasteiger partial charge on any atom is 0.120 e. The van der Waals surface area contributed by atoms with Crippen LogP contribution in [0.1, 0.15) is 11.1 Å². The molecule has 3 aromatic rings. The fourth-order valence-electron chi connectivity index (χ4n) is 2.81. The van der Waals surface area contributed by atoms with Gasteiger partial charge in [0, 0.05) is 35.8 Å². The topological polar surface area (TPSA) is 75.2 Å². The molecule has 0 saturated carbocycles. The van der Waals surface area contributed by atoms with Gasteiger partial charge in [0.05, 0.1) is 5.71 Å². The van der Waals surface area contributed by atoms with E-state index in [2.05, 4.69) is 4.98 Å². The Morgan fingerprint density at radius 1 is 1.07 bits per heavy atom. The Balaban J connectivity index is 1.81. The van der Waals surface area contributed by atoms with Gasteiger partial charge in [-0.05, 0) is 55.6 Å². The van der Waals surface area contributed by atoms with Crippen LogP contribution in [-0.2, 0) is 6.61 Å². The minimum absolute atomic E-state index is 0.470. The summed E-state index contributed by atoms with van der Waals surface area (Å²) in [5, 5.41) is 8.31. The molecule has 0 aliphatic rings. The van der Waals surface area contributed by atoms with Gasteiger partial charge < -0.3 is 20.8 Å². The summed E-state index contributed by atoms with van der Waals surface area (Å²) in [5.74, 6) is 0.790. The van der Waals surface area contributed by atoms with Gasteiger partial charge in [0.25, 0.3) is 0 Å². The van der Waals surface area contributed by atoms with Crippen molar-refractivity contribution >= 4 is 11.4 Å². The third-order valence-electron chi connectivity index (χ3n) is 4.15. The van der Waals surface area contributed by atoms with E-state index in [-0.39, 0.29) is 0 Å². The predicted octanol–water partition coefficient (Wildman–Crippen LogP) is 3.84. The molecular weight excluding hydrogens is 336 g/mol. The van der Waals surface area contributed by atoms with Gasteiger partial charge in [-0.1, -0.05) is 24.3 Å². The van der Waals surface area contributed by atoms with Crippen molar-refractivity contribution in [3.63, 3.8) is 0 Å². The maximum absolute atomic E-state index is 8.31. The van der Waals surface area contributed by atoms with E-state index in [0.29, 0.717) is 24.6 Å². The molecule has 1 heterocycles. The van der Waals surface area contributed by atoms with E-state index in [9.17, 15) is 0 Å². The molecule has 0 saturated heterocycles. The Labute approximate surface area is 159 Å². The van der Waals surface area contributed by atoms with Crippen LogP contribution < -0.4 is 10.5 Å². The molecular formula is C22H24N4O. The summed E-state index contributed by atoms with van der Waals surface area (Å²) in [6, 6.07) is 17.6. The van der Waals surface area contributed by atoms with Crippen LogP contribution in [0.15, 0.2) is 67.0 Å². The number of benzene rings is 2. The van der Waals surface area contributed by atoms with Gasteiger partial charge in [-0.3, -0.25) is 4.98 Å². The number of anilines is 1. The smallest absolute Gasteiger partial charge is 0.120 e.